The summed E-state index contributed by atoms with van der Waals surface area (Å²) in [6.07, 6.45) is 0.820. The number of methoxy groups -OCH3 is 1. The molecule has 1 fully saturated rings. The summed E-state index contributed by atoms with van der Waals surface area (Å²) >= 11 is 11.5. The molecule has 0 spiro atoms. The molecule has 1 aromatic rings. The van der Waals surface area contributed by atoms with E-state index in [0.29, 0.717) is 25.6 Å². The van der Waals surface area contributed by atoms with Gasteiger partial charge in [0.2, 0.25) is 5.28 Å². The fourth-order valence-corrected chi connectivity index (χ4v) is 1.88. The van der Waals surface area contributed by atoms with Gasteiger partial charge in [-0.05, 0) is 11.6 Å². The zero-order valence-electron chi connectivity index (χ0n) is 9.24. The molecule has 1 aliphatic rings. The van der Waals surface area contributed by atoms with Crippen molar-refractivity contribution in [2.75, 3.05) is 32.2 Å². The summed E-state index contributed by atoms with van der Waals surface area (Å²) in [5.74, 6) is 0.398. The van der Waals surface area contributed by atoms with Gasteiger partial charge in [-0.1, -0.05) is 11.6 Å². The first kappa shape index (κ1) is 12.8. The average molecular weight is 279 g/mol. The summed E-state index contributed by atoms with van der Waals surface area (Å²) in [6, 6.07) is 0. The minimum atomic E-state index is -0.346. The lowest BCUT2D eigenvalue weighted by Crippen LogP contribution is -2.39. The van der Waals surface area contributed by atoms with Crippen LogP contribution < -0.4 is 5.32 Å². The van der Waals surface area contributed by atoms with Gasteiger partial charge in [-0.25, -0.2) is 0 Å². The Kier molecular flexibility index (Phi) is 3.98. The van der Waals surface area contributed by atoms with Gasteiger partial charge in [-0.2, -0.15) is 4.98 Å². The van der Waals surface area contributed by atoms with Crippen LogP contribution in [0.5, 0.6) is 0 Å². The van der Waals surface area contributed by atoms with Gasteiger partial charge in [0.25, 0.3) is 0 Å². The third kappa shape index (κ3) is 2.95. The second kappa shape index (κ2) is 5.30. The van der Waals surface area contributed by atoms with Gasteiger partial charge in [-0.3, -0.25) is 0 Å². The van der Waals surface area contributed by atoms with E-state index in [9.17, 15) is 0 Å². The number of nitrogens with one attached hydrogen (secondary N) is 1. The lowest BCUT2D eigenvalue weighted by molar-refractivity contribution is -0.00625. The SMILES string of the molecule is COC1(CNc2nc(Cl)nnc2Cl)CCOC1. The topological polar surface area (TPSA) is 69.2 Å². The Balaban J connectivity index is 2.03. The van der Waals surface area contributed by atoms with E-state index in [1.54, 1.807) is 7.11 Å². The van der Waals surface area contributed by atoms with Crippen molar-refractivity contribution in [3.05, 3.63) is 10.4 Å². The normalized spacial score (nSPS) is 23.9. The van der Waals surface area contributed by atoms with Crippen molar-refractivity contribution in [1.29, 1.82) is 0 Å². The summed E-state index contributed by atoms with van der Waals surface area (Å²) in [5.41, 5.74) is -0.346. The van der Waals surface area contributed by atoms with Gasteiger partial charge < -0.3 is 14.8 Å². The van der Waals surface area contributed by atoms with E-state index in [1.165, 1.54) is 0 Å². The van der Waals surface area contributed by atoms with Gasteiger partial charge in [0.15, 0.2) is 11.0 Å². The first-order valence-electron chi connectivity index (χ1n) is 5.08. The maximum absolute atomic E-state index is 5.84. The molecule has 6 nitrogen and oxygen atoms in total. The van der Waals surface area contributed by atoms with Crippen molar-refractivity contribution in [2.24, 2.45) is 0 Å². The third-order valence-electron chi connectivity index (χ3n) is 2.70. The van der Waals surface area contributed by atoms with Gasteiger partial charge in [0, 0.05) is 26.7 Å². The predicted molar refractivity (Wildman–Crippen MR) is 63.5 cm³/mol. The minimum absolute atomic E-state index is 0.0473. The van der Waals surface area contributed by atoms with E-state index >= 15 is 0 Å². The van der Waals surface area contributed by atoms with Crippen LogP contribution in [0.2, 0.25) is 10.4 Å². The predicted octanol–water partition coefficient (Wildman–Crippen LogP) is 1.40. The molecule has 2 rings (SSSR count). The highest BCUT2D eigenvalue weighted by molar-refractivity contribution is 6.32. The van der Waals surface area contributed by atoms with Crippen molar-refractivity contribution in [2.45, 2.75) is 12.0 Å². The fourth-order valence-electron chi connectivity index (χ4n) is 1.61. The molecule has 0 saturated carbocycles. The van der Waals surface area contributed by atoms with Crippen LogP contribution in [0, 0.1) is 0 Å². The molecule has 1 atom stereocenters. The van der Waals surface area contributed by atoms with Crippen LogP contribution in [0.4, 0.5) is 5.82 Å². The second-order valence-electron chi connectivity index (χ2n) is 3.76. The molecule has 0 aliphatic carbocycles. The van der Waals surface area contributed by atoms with Crippen molar-refractivity contribution in [3.8, 4) is 0 Å². The Hall–Kier alpha value is -0.690. The molecule has 17 heavy (non-hydrogen) atoms. The molecule has 94 valence electrons. The zero-order chi connectivity index (χ0) is 12.3. The van der Waals surface area contributed by atoms with Crippen LogP contribution in [-0.2, 0) is 9.47 Å². The molecule has 2 heterocycles. The lowest BCUT2D eigenvalue weighted by atomic mass is 10.0. The number of halogens is 2. The summed E-state index contributed by atoms with van der Waals surface area (Å²) in [5, 5.41) is 10.5. The van der Waals surface area contributed by atoms with E-state index in [1.807, 2.05) is 0 Å². The van der Waals surface area contributed by atoms with E-state index in [-0.39, 0.29) is 16.0 Å². The van der Waals surface area contributed by atoms with Crippen LogP contribution >= 0.6 is 23.2 Å². The standard InChI is InChI=1S/C9H12Cl2N4O2/c1-16-9(2-3-17-5-9)4-12-7-6(10)14-15-8(11)13-7/h2-5H2,1H3,(H,12,13,15). The lowest BCUT2D eigenvalue weighted by Gasteiger charge is -2.26. The van der Waals surface area contributed by atoms with Crippen LogP contribution in [0.3, 0.4) is 0 Å². The quantitative estimate of drug-likeness (QED) is 0.898. The van der Waals surface area contributed by atoms with E-state index in [2.05, 4.69) is 20.5 Å². The molecule has 1 saturated heterocycles. The third-order valence-corrected chi connectivity index (χ3v) is 3.11. The van der Waals surface area contributed by atoms with Crippen LogP contribution in [0.1, 0.15) is 6.42 Å². The summed E-state index contributed by atoms with van der Waals surface area (Å²) < 4.78 is 10.8. The second-order valence-corrected chi connectivity index (χ2v) is 4.46. The molecule has 0 aromatic carbocycles. The molecule has 0 radical (unpaired) electrons. The van der Waals surface area contributed by atoms with E-state index in [4.69, 9.17) is 32.7 Å². The zero-order valence-corrected chi connectivity index (χ0v) is 10.8. The minimum Gasteiger partial charge on any atom is -0.378 e. The van der Waals surface area contributed by atoms with Gasteiger partial charge >= 0.3 is 0 Å². The summed E-state index contributed by atoms with van der Waals surface area (Å²) in [7, 11) is 1.66. The number of nitrogens with zero attached hydrogens (tertiary/aromatic N) is 3. The molecule has 1 N–H and O–H groups in total. The summed E-state index contributed by atoms with van der Waals surface area (Å²) in [4.78, 5) is 3.95. The van der Waals surface area contributed by atoms with Crippen molar-refractivity contribution in [3.63, 3.8) is 0 Å². The smallest absolute Gasteiger partial charge is 0.245 e. The summed E-state index contributed by atoms with van der Waals surface area (Å²) in [6.45, 7) is 1.75. The monoisotopic (exact) mass is 278 g/mol. The number of anilines is 1. The molecule has 1 aromatic heterocycles. The Morgan fingerprint density at radius 2 is 2.29 bits per heavy atom. The molecular formula is C9H12Cl2N4O2. The first-order chi connectivity index (χ1) is 8.15. The maximum Gasteiger partial charge on any atom is 0.245 e. The van der Waals surface area contributed by atoms with E-state index < -0.39 is 0 Å². The molecule has 1 aliphatic heterocycles. The van der Waals surface area contributed by atoms with Crippen molar-refractivity contribution in [1.82, 2.24) is 15.2 Å². The number of ether oxygens (including phenoxy) is 2. The van der Waals surface area contributed by atoms with Gasteiger partial charge in [0.1, 0.15) is 5.60 Å². The molecular weight excluding hydrogens is 267 g/mol. The number of aromatic nitrogens is 3. The highest BCUT2D eigenvalue weighted by Crippen LogP contribution is 2.24. The Morgan fingerprint density at radius 1 is 1.47 bits per heavy atom. The van der Waals surface area contributed by atoms with Crippen LogP contribution in [-0.4, -0.2) is 47.7 Å². The van der Waals surface area contributed by atoms with Gasteiger partial charge in [0.05, 0.1) is 6.61 Å². The number of hydrogen-bond donors (Lipinski definition) is 1. The molecule has 1 unspecified atom stereocenters. The average Bonchev–Trinajstić information content (AvgIpc) is 2.80. The van der Waals surface area contributed by atoms with Crippen molar-refractivity contribution < 1.29 is 9.47 Å². The Morgan fingerprint density at radius 3 is 2.94 bits per heavy atom. The van der Waals surface area contributed by atoms with E-state index in [0.717, 1.165) is 6.42 Å². The molecule has 0 amide bonds. The Labute approximate surface area is 109 Å². The number of rotatable bonds is 4. The fraction of sp³-hybridized carbons (Fsp3) is 0.667. The van der Waals surface area contributed by atoms with Gasteiger partial charge in [-0.15, -0.1) is 10.2 Å². The molecule has 0 bridgehead atoms. The van der Waals surface area contributed by atoms with Crippen molar-refractivity contribution >= 4 is 29.0 Å². The largest absolute Gasteiger partial charge is 0.378 e. The molecule has 8 heteroatoms. The van der Waals surface area contributed by atoms with Crippen LogP contribution in [0.25, 0.3) is 0 Å². The Bertz CT molecular complexity index is 399. The number of hydrogen-bond acceptors (Lipinski definition) is 6. The maximum atomic E-state index is 5.84. The first-order valence-corrected chi connectivity index (χ1v) is 5.83. The highest BCUT2D eigenvalue weighted by atomic mass is 35.5. The van der Waals surface area contributed by atoms with Crippen LogP contribution in [0.15, 0.2) is 0 Å². The highest BCUT2D eigenvalue weighted by Gasteiger charge is 2.35.